The summed E-state index contributed by atoms with van der Waals surface area (Å²) in [5.41, 5.74) is 8.47. The smallest absolute Gasteiger partial charge is 0.416 e. The number of anilines is 4. The van der Waals surface area contributed by atoms with Crippen molar-refractivity contribution in [3.05, 3.63) is 155 Å². The van der Waals surface area contributed by atoms with Gasteiger partial charge in [-0.05, 0) is 128 Å². The molecule has 108 heavy (non-hydrogen) atoms. The lowest BCUT2D eigenvalue weighted by Crippen LogP contribution is -2.55. The molecule has 6 aliphatic rings. The number of methoxy groups -OCH3 is 3. The van der Waals surface area contributed by atoms with E-state index < -0.39 is 79.0 Å². The fourth-order valence-electron chi connectivity index (χ4n) is 14.4. The second-order valence-electron chi connectivity index (χ2n) is 28.2. The Morgan fingerprint density at radius 3 is 2.08 bits per heavy atom. The Bertz CT molecular complexity index is 4640. The minimum absolute atomic E-state index is 0.0773. The van der Waals surface area contributed by atoms with Gasteiger partial charge in [-0.2, -0.15) is 0 Å². The van der Waals surface area contributed by atoms with Crippen LogP contribution in [-0.4, -0.2) is 175 Å². The third-order valence-electron chi connectivity index (χ3n) is 20.5. The van der Waals surface area contributed by atoms with Crippen molar-refractivity contribution in [1.82, 2.24) is 46.5 Å². The van der Waals surface area contributed by atoms with Crippen molar-refractivity contribution < 1.29 is 76.7 Å². The first-order valence-electron chi connectivity index (χ1n) is 36.2. The SMILES string of the molecule is COc1ccc(C2=CN3C(=O)c4cc(OC)c(OCCCCCOc5cc6c(cc5OC)C(=O)N5CC7(CC7)C[C@H]5[C@H](O)N6C(=O)OCc5ccc(NC(=O)[C@H](C)NC(=O)[C@@H](NC(=O)CNC(=O)CNC(=O)CCC(=O)N6Cc7ccccc7-c7nn[nH]c7-c7ccccc76)C(C)C)cc5)cc4NC[C@@H]3C2)cc1. The third kappa shape index (κ3) is 16.2. The van der Waals surface area contributed by atoms with E-state index in [1.54, 1.807) is 66.0 Å². The molecule has 1 aliphatic carbocycles. The van der Waals surface area contributed by atoms with Gasteiger partial charge >= 0.3 is 6.09 Å². The molecule has 2 fully saturated rings. The van der Waals surface area contributed by atoms with Crippen LogP contribution in [0.15, 0.2) is 128 Å². The van der Waals surface area contributed by atoms with Gasteiger partial charge in [0.05, 0.1) is 100 Å². The number of benzene rings is 6. The van der Waals surface area contributed by atoms with Gasteiger partial charge < -0.3 is 80.1 Å². The summed E-state index contributed by atoms with van der Waals surface area (Å²) in [4.78, 5) is 129. The van der Waals surface area contributed by atoms with Crippen LogP contribution in [0.3, 0.4) is 0 Å². The maximum Gasteiger partial charge on any atom is 0.416 e. The van der Waals surface area contributed by atoms with Crippen LogP contribution in [0.5, 0.6) is 28.7 Å². The highest BCUT2D eigenvalue weighted by Gasteiger charge is 2.58. The van der Waals surface area contributed by atoms with E-state index in [1.807, 2.05) is 85.1 Å². The first-order valence-corrected chi connectivity index (χ1v) is 36.2. The van der Waals surface area contributed by atoms with Gasteiger partial charge in [0.2, 0.25) is 35.4 Å². The van der Waals surface area contributed by atoms with E-state index >= 15 is 0 Å². The van der Waals surface area contributed by atoms with Gasteiger partial charge in [0.15, 0.2) is 29.2 Å². The Morgan fingerprint density at radius 2 is 1.37 bits per heavy atom. The highest BCUT2D eigenvalue weighted by Crippen LogP contribution is 2.57. The average molecular weight is 1470 g/mol. The van der Waals surface area contributed by atoms with Crippen LogP contribution in [0.25, 0.3) is 28.1 Å². The summed E-state index contributed by atoms with van der Waals surface area (Å²) in [5.74, 6) is -2.29. The highest BCUT2D eigenvalue weighted by molar-refractivity contribution is 6.07. The van der Waals surface area contributed by atoms with Crippen molar-refractivity contribution in [2.45, 2.75) is 122 Å². The number of amides is 9. The van der Waals surface area contributed by atoms with Crippen molar-refractivity contribution in [3.8, 4) is 51.3 Å². The normalized spacial score (nSPS) is 17.5. The van der Waals surface area contributed by atoms with Crippen molar-refractivity contribution >= 4 is 81.7 Å². The monoisotopic (exact) mass is 1470 g/mol. The summed E-state index contributed by atoms with van der Waals surface area (Å²) in [5, 5.41) is 39.9. The number of unbranched alkanes of at least 4 members (excludes halogenated alkanes) is 2. The van der Waals surface area contributed by atoms with Crippen LogP contribution in [0.2, 0.25) is 0 Å². The lowest BCUT2D eigenvalue weighted by molar-refractivity contribution is -0.132. The number of fused-ring (bicyclic) bond motifs is 9. The van der Waals surface area contributed by atoms with Gasteiger partial charge in [0.1, 0.15) is 30.1 Å². The van der Waals surface area contributed by atoms with Crippen LogP contribution in [0.1, 0.15) is 116 Å². The lowest BCUT2D eigenvalue weighted by atomic mass is 9.95. The molecule has 13 rings (SSSR count). The number of hydrogen-bond donors (Lipinski definition) is 8. The highest BCUT2D eigenvalue weighted by atomic mass is 16.6. The van der Waals surface area contributed by atoms with Crippen molar-refractivity contribution in [1.29, 1.82) is 0 Å². The summed E-state index contributed by atoms with van der Waals surface area (Å²) in [6.07, 6.45) is 4.03. The zero-order valence-electron chi connectivity index (χ0n) is 60.9. The van der Waals surface area contributed by atoms with E-state index in [-0.39, 0.29) is 84.5 Å². The number of rotatable bonds is 27. The second kappa shape index (κ2) is 32.4. The molecule has 7 aromatic rings. The first-order chi connectivity index (χ1) is 52.2. The molecule has 1 aromatic heterocycles. The van der Waals surface area contributed by atoms with Gasteiger partial charge in [-0.3, -0.25) is 43.5 Å². The zero-order chi connectivity index (χ0) is 75.9. The Kier molecular flexibility index (Phi) is 22.3. The number of carbonyl (C=O) groups excluding carboxylic acids is 9. The van der Waals surface area contributed by atoms with Gasteiger partial charge in [-0.25, -0.2) is 9.69 Å². The van der Waals surface area contributed by atoms with Crippen molar-refractivity contribution in [2.24, 2.45) is 11.3 Å². The number of nitrogens with one attached hydrogen (secondary N) is 7. The maximum atomic E-state index is 14.5. The second-order valence-corrected chi connectivity index (χ2v) is 28.2. The number of aromatic nitrogens is 3. The Morgan fingerprint density at radius 1 is 0.685 bits per heavy atom. The number of carbonyl (C=O) groups is 9. The first kappa shape index (κ1) is 74.3. The van der Waals surface area contributed by atoms with Gasteiger partial charge in [-0.1, -0.05) is 85.8 Å². The predicted octanol–water partition coefficient (Wildman–Crippen LogP) is 8.09. The Hall–Kier alpha value is -12.0. The Balaban J connectivity index is 0.557. The van der Waals surface area contributed by atoms with Crippen LogP contribution in [0, 0.1) is 11.3 Å². The number of hydrogen-bond acceptors (Lipinski definition) is 19. The standard InChI is InChI=1S/C79H87N13O16/c1-45(2)70(85-68(95)40-82-67(94)39-81-66(93)26-27-69(96)90-41-49-14-8-9-15-54(49)71-72(87-88-86-71)55-16-10-11-17-59(55)90)74(98)83-46(3)73(97)84-51-22-18-47(19-23-51)43-108-78(102)92-60-36-65(63(105-6)34-57(60)76(100)91-44-79(28-29-79)37-61(91)77(92)101)107-31-13-7-12-30-106-64-35-58-56(33-62(64)104-5)75(99)89-42-50(32-52(89)38-80-58)48-20-24-53(103-4)25-21-48/h8-11,14-25,33-36,42,45-46,52,61,70,77,80,101H,7,12-13,26-32,37-41,43-44H2,1-6H3,(H,81,93)(H,82,94)(H,83,98)(H,84,97)(H,85,95)(H,86,87,88)/t46-,52-,61-,70-,77-/m0/s1. The molecule has 1 saturated heterocycles. The number of para-hydroxylation sites is 1. The van der Waals surface area contributed by atoms with Gasteiger partial charge in [-0.15, -0.1) is 5.10 Å². The van der Waals surface area contributed by atoms with Crippen LogP contribution < -0.4 is 65.4 Å². The number of ether oxygens (including phenoxy) is 6. The molecule has 564 valence electrons. The van der Waals surface area contributed by atoms with Crippen molar-refractivity contribution in [2.75, 3.05) is 81.2 Å². The van der Waals surface area contributed by atoms with E-state index in [2.05, 4.69) is 47.3 Å². The number of aliphatic hydroxyl groups is 1. The minimum Gasteiger partial charge on any atom is -0.497 e. The molecule has 0 bridgehead atoms. The molecular weight excluding hydrogens is 1390 g/mol. The van der Waals surface area contributed by atoms with E-state index in [0.717, 1.165) is 51.3 Å². The average Bonchev–Trinajstić information content (AvgIpc) is 1.56. The number of aliphatic hydroxyl groups excluding tert-OH is 1. The molecule has 6 aromatic carbocycles. The lowest BCUT2D eigenvalue weighted by Gasteiger charge is -2.31. The topological polar surface area (TPSA) is 356 Å². The third-order valence-corrected chi connectivity index (χ3v) is 20.5. The number of aromatic amines is 1. The molecule has 0 unspecified atom stereocenters. The quantitative estimate of drug-likeness (QED) is 0.0225. The molecule has 1 saturated carbocycles. The summed E-state index contributed by atoms with van der Waals surface area (Å²) < 4.78 is 35.3. The molecular formula is C79H87N13O16. The molecule has 1 spiro atoms. The van der Waals surface area contributed by atoms with Crippen LogP contribution in [-0.2, 0) is 46.7 Å². The van der Waals surface area contributed by atoms with Gasteiger partial charge in [0.25, 0.3) is 11.8 Å². The van der Waals surface area contributed by atoms with Gasteiger partial charge in [0, 0.05) is 61.1 Å². The zero-order valence-corrected chi connectivity index (χ0v) is 60.9. The van der Waals surface area contributed by atoms with Crippen LogP contribution in [0.4, 0.5) is 27.5 Å². The largest absolute Gasteiger partial charge is 0.497 e. The Labute approximate surface area is 623 Å². The maximum absolute atomic E-state index is 14.5. The molecule has 5 atom stereocenters. The molecule has 0 radical (unpaired) electrons. The summed E-state index contributed by atoms with van der Waals surface area (Å²) in [6.45, 7) is 5.33. The van der Waals surface area contributed by atoms with Crippen LogP contribution >= 0.6 is 0 Å². The fourth-order valence-corrected chi connectivity index (χ4v) is 14.4. The van der Waals surface area contributed by atoms with E-state index in [9.17, 15) is 48.3 Å². The predicted molar refractivity (Wildman–Crippen MR) is 398 cm³/mol. The van der Waals surface area contributed by atoms with Crippen molar-refractivity contribution in [3.63, 3.8) is 0 Å². The fraction of sp³-hybridized carbons (Fsp3) is 0.380. The number of H-pyrrole nitrogens is 1. The molecule has 6 heterocycles. The minimum atomic E-state index is -1.48. The van der Waals surface area contributed by atoms with E-state index in [4.69, 9.17) is 28.4 Å². The summed E-state index contributed by atoms with van der Waals surface area (Å²) in [6, 6.07) is 32.7. The molecule has 9 amide bonds. The molecule has 8 N–H and O–H groups in total. The molecule has 29 nitrogen and oxygen atoms in total. The molecule has 29 heteroatoms. The summed E-state index contributed by atoms with van der Waals surface area (Å²) in [7, 11) is 4.62. The van der Waals surface area contributed by atoms with E-state index in [1.165, 1.54) is 33.3 Å². The summed E-state index contributed by atoms with van der Waals surface area (Å²) >= 11 is 0. The number of nitrogens with zero attached hydrogens (tertiary/aromatic N) is 6. The van der Waals surface area contributed by atoms with E-state index in [0.29, 0.717) is 103 Å². The molecule has 5 aliphatic heterocycles.